The number of rotatable bonds is 0. The van der Waals surface area contributed by atoms with Crippen LogP contribution in [0, 0.1) is 0 Å². The molecular formula is C14H17ClO. The molecule has 1 atom stereocenters. The van der Waals surface area contributed by atoms with Gasteiger partial charge in [-0.05, 0) is 42.9 Å². The standard InChI is InChI=1S/C14H17ClO/c15-11-5-3-4-10-6-7-12(16)14(13(10)11)8-1-2-9-14/h3-5,12,16H,1-2,6-9H2. The lowest BCUT2D eigenvalue weighted by atomic mass is 9.67. The van der Waals surface area contributed by atoms with Crippen molar-refractivity contribution in [1.29, 1.82) is 0 Å². The maximum Gasteiger partial charge on any atom is 0.0640 e. The maximum absolute atomic E-state index is 10.4. The van der Waals surface area contributed by atoms with Gasteiger partial charge in [0.15, 0.2) is 0 Å². The van der Waals surface area contributed by atoms with Crippen molar-refractivity contribution in [3.8, 4) is 0 Å². The van der Waals surface area contributed by atoms with Crippen LogP contribution in [-0.4, -0.2) is 11.2 Å². The van der Waals surface area contributed by atoms with Crippen molar-refractivity contribution < 1.29 is 5.11 Å². The second kappa shape index (κ2) is 3.75. The molecule has 1 spiro atoms. The Hall–Kier alpha value is -0.530. The molecular weight excluding hydrogens is 220 g/mol. The Morgan fingerprint density at radius 3 is 2.75 bits per heavy atom. The van der Waals surface area contributed by atoms with Gasteiger partial charge in [-0.3, -0.25) is 0 Å². The molecule has 0 aromatic heterocycles. The first-order chi connectivity index (χ1) is 7.74. The van der Waals surface area contributed by atoms with E-state index in [1.807, 2.05) is 12.1 Å². The van der Waals surface area contributed by atoms with Crippen LogP contribution in [0.2, 0.25) is 5.02 Å². The molecule has 3 rings (SSSR count). The van der Waals surface area contributed by atoms with Gasteiger partial charge in [0.05, 0.1) is 6.10 Å². The molecule has 0 saturated heterocycles. The predicted molar refractivity (Wildman–Crippen MR) is 65.9 cm³/mol. The normalized spacial score (nSPS) is 27.0. The molecule has 86 valence electrons. The summed E-state index contributed by atoms with van der Waals surface area (Å²) in [5.41, 5.74) is 2.60. The molecule has 1 N–H and O–H groups in total. The van der Waals surface area contributed by atoms with E-state index in [1.165, 1.54) is 24.0 Å². The first-order valence-corrected chi connectivity index (χ1v) is 6.58. The molecule has 0 bridgehead atoms. The Morgan fingerprint density at radius 1 is 1.25 bits per heavy atom. The van der Waals surface area contributed by atoms with Gasteiger partial charge in [0.2, 0.25) is 0 Å². The van der Waals surface area contributed by atoms with Crippen molar-refractivity contribution in [3.05, 3.63) is 34.3 Å². The second-order valence-corrected chi connectivity index (χ2v) is 5.60. The van der Waals surface area contributed by atoms with Crippen LogP contribution in [0.3, 0.4) is 0 Å². The molecule has 2 heteroatoms. The first-order valence-electron chi connectivity index (χ1n) is 6.20. The highest BCUT2D eigenvalue weighted by Gasteiger charge is 2.46. The van der Waals surface area contributed by atoms with E-state index >= 15 is 0 Å². The number of aryl methyl sites for hydroxylation is 1. The maximum atomic E-state index is 10.4. The molecule has 16 heavy (non-hydrogen) atoms. The Morgan fingerprint density at radius 2 is 2.00 bits per heavy atom. The van der Waals surface area contributed by atoms with Crippen LogP contribution in [0.15, 0.2) is 18.2 Å². The van der Waals surface area contributed by atoms with Crippen LogP contribution in [0.25, 0.3) is 0 Å². The minimum Gasteiger partial charge on any atom is -0.392 e. The van der Waals surface area contributed by atoms with E-state index in [-0.39, 0.29) is 11.5 Å². The fraction of sp³-hybridized carbons (Fsp3) is 0.571. The van der Waals surface area contributed by atoms with E-state index < -0.39 is 0 Å². The SMILES string of the molecule is OC1CCc2cccc(Cl)c2C12CCCC2. The highest BCUT2D eigenvalue weighted by molar-refractivity contribution is 6.31. The van der Waals surface area contributed by atoms with Gasteiger partial charge in [-0.25, -0.2) is 0 Å². The number of halogens is 1. The number of hydrogen-bond acceptors (Lipinski definition) is 1. The smallest absolute Gasteiger partial charge is 0.0640 e. The fourth-order valence-electron chi connectivity index (χ4n) is 3.66. The van der Waals surface area contributed by atoms with E-state index in [1.54, 1.807) is 0 Å². The summed E-state index contributed by atoms with van der Waals surface area (Å²) in [6, 6.07) is 6.17. The van der Waals surface area contributed by atoms with Crippen LogP contribution in [0.4, 0.5) is 0 Å². The highest BCUT2D eigenvalue weighted by Crippen LogP contribution is 2.51. The van der Waals surface area contributed by atoms with Crippen molar-refractivity contribution in [2.45, 2.75) is 50.0 Å². The van der Waals surface area contributed by atoms with Gasteiger partial charge >= 0.3 is 0 Å². The van der Waals surface area contributed by atoms with Gasteiger partial charge in [0, 0.05) is 10.4 Å². The Labute approximate surface area is 101 Å². The van der Waals surface area contributed by atoms with Crippen LogP contribution in [-0.2, 0) is 11.8 Å². The lowest BCUT2D eigenvalue weighted by Gasteiger charge is -2.41. The van der Waals surface area contributed by atoms with Crippen LogP contribution in [0.5, 0.6) is 0 Å². The number of aliphatic hydroxyl groups is 1. The van der Waals surface area contributed by atoms with Crippen LogP contribution in [0.1, 0.15) is 43.2 Å². The lowest BCUT2D eigenvalue weighted by molar-refractivity contribution is 0.0662. The summed E-state index contributed by atoms with van der Waals surface area (Å²) in [4.78, 5) is 0. The van der Waals surface area contributed by atoms with Crippen LogP contribution < -0.4 is 0 Å². The van der Waals surface area contributed by atoms with Crippen molar-refractivity contribution in [2.75, 3.05) is 0 Å². The molecule has 1 nitrogen and oxygen atoms in total. The Kier molecular flexibility index (Phi) is 2.49. The van der Waals surface area contributed by atoms with Crippen molar-refractivity contribution in [2.24, 2.45) is 0 Å². The summed E-state index contributed by atoms with van der Waals surface area (Å²) in [5, 5.41) is 11.2. The summed E-state index contributed by atoms with van der Waals surface area (Å²) >= 11 is 6.37. The average Bonchev–Trinajstić information content (AvgIpc) is 2.74. The molecule has 1 aromatic rings. The molecule has 2 aliphatic carbocycles. The Balaban J connectivity index is 2.19. The summed E-state index contributed by atoms with van der Waals surface area (Å²) in [5.74, 6) is 0. The molecule has 1 fully saturated rings. The summed E-state index contributed by atoms with van der Waals surface area (Å²) in [6.07, 6.45) is 6.33. The summed E-state index contributed by atoms with van der Waals surface area (Å²) in [6.45, 7) is 0. The van der Waals surface area contributed by atoms with Gasteiger partial charge in [-0.15, -0.1) is 0 Å². The van der Waals surface area contributed by atoms with Crippen molar-refractivity contribution >= 4 is 11.6 Å². The fourth-order valence-corrected chi connectivity index (χ4v) is 4.04. The molecule has 0 heterocycles. The van der Waals surface area contributed by atoms with Crippen molar-refractivity contribution in [1.82, 2.24) is 0 Å². The van der Waals surface area contributed by atoms with Gasteiger partial charge in [0.1, 0.15) is 0 Å². The number of benzene rings is 1. The second-order valence-electron chi connectivity index (χ2n) is 5.19. The van der Waals surface area contributed by atoms with Crippen molar-refractivity contribution in [3.63, 3.8) is 0 Å². The monoisotopic (exact) mass is 236 g/mol. The van der Waals surface area contributed by atoms with Gasteiger partial charge in [0.25, 0.3) is 0 Å². The third-order valence-electron chi connectivity index (χ3n) is 4.42. The van der Waals surface area contributed by atoms with Gasteiger partial charge in [-0.2, -0.15) is 0 Å². The zero-order chi connectivity index (χ0) is 11.2. The van der Waals surface area contributed by atoms with E-state index in [0.29, 0.717) is 0 Å². The molecule has 2 aliphatic rings. The average molecular weight is 237 g/mol. The molecule has 0 aliphatic heterocycles. The molecule has 1 unspecified atom stereocenters. The molecule has 0 amide bonds. The third kappa shape index (κ3) is 1.34. The Bertz CT molecular complexity index is 407. The van der Waals surface area contributed by atoms with Crippen LogP contribution >= 0.6 is 11.6 Å². The lowest BCUT2D eigenvalue weighted by Crippen LogP contribution is -2.41. The van der Waals surface area contributed by atoms with E-state index in [0.717, 1.165) is 30.7 Å². The van der Waals surface area contributed by atoms with E-state index in [4.69, 9.17) is 11.6 Å². The summed E-state index contributed by atoms with van der Waals surface area (Å²) < 4.78 is 0. The summed E-state index contributed by atoms with van der Waals surface area (Å²) in [7, 11) is 0. The number of aliphatic hydroxyl groups excluding tert-OH is 1. The third-order valence-corrected chi connectivity index (χ3v) is 4.73. The highest BCUT2D eigenvalue weighted by atomic mass is 35.5. The molecule has 0 radical (unpaired) electrons. The quantitative estimate of drug-likeness (QED) is 0.732. The van der Waals surface area contributed by atoms with E-state index in [2.05, 4.69) is 6.07 Å². The molecule has 1 aromatic carbocycles. The first kappa shape index (κ1) is 10.6. The zero-order valence-corrected chi connectivity index (χ0v) is 10.1. The van der Waals surface area contributed by atoms with Gasteiger partial charge in [-0.1, -0.05) is 36.6 Å². The molecule has 1 saturated carbocycles. The predicted octanol–water partition coefficient (Wildman–Crippen LogP) is 3.46. The van der Waals surface area contributed by atoms with E-state index in [9.17, 15) is 5.11 Å². The number of fused-ring (bicyclic) bond motifs is 2. The largest absolute Gasteiger partial charge is 0.392 e. The number of hydrogen-bond donors (Lipinski definition) is 1. The zero-order valence-electron chi connectivity index (χ0n) is 9.38. The minimum atomic E-state index is -0.192. The topological polar surface area (TPSA) is 20.2 Å². The van der Waals surface area contributed by atoms with Gasteiger partial charge < -0.3 is 5.11 Å². The minimum absolute atomic E-state index is 0.0219.